The van der Waals surface area contributed by atoms with Crippen LogP contribution in [0.1, 0.15) is 34.6 Å². The van der Waals surface area contributed by atoms with Crippen LogP contribution in [0.5, 0.6) is 5.75 Å². The third-order valence-electron chi connectivity index (χ3n) is 3.79. The van der Waals surface area contributed by atoms with Gasteiger partial charge >= 0.3 is 5.97 Å². The third kappa shape index (κ3) is 5.39. The van der Waals surface area contributed by atoms with Gasteiger partial charge in [0.05, 0.1) is 40.4 Å². The SMILES string of the molecule is CCNC(=O)c1cc(S(=O)(=O)Nc2ccc(C(=O)OCC)cc2Cl)ccc1OC. The summed E-state index contributed by atoms with van der Waals surface area (Å²) in [4.78, 5) is 23.8. The summed E-state index contributed by atoms with van der Waals surface area (Å²) < 4.78 is 37.9. The highest BCUT2D eigenvalue weighted by atomic mass is 35.5. The van der Waals surface area contributed by atoms with Gasteiger partial charge in [-0.25, -0.2) is 13.2 Å². The summed E-state index contributed by atoms with van der Waals surface area (Å²) in [7, 11) is -2.68. The molecule has 0 aliphatic heterocycles. The topological polar surface area (TPSA) is 111 Å². The van der Waals surface area contributed by atoms with Crippen molar-refractivity contribution in [3.05, 3.63) is 52.5 Å². The van der Waals surface area contributed by atoms with E-state index in [9.17, 15) is 18.0 Å². The Bertz CT molecular complexity index is 1020. The van der Waals surface area contributed by atoms with Crippen LogP contribution >= 0.6 is 11.6 Å². The zero-order chi connectivity index (χ0) is 21.6. The fourth-order valence-corrected chi connectivity index (χ4v) is 3.82. The maximum atomic E-state index is 12.8. The van der Waals surface area contributed by atoms with Gasteiger partial charge < -0.3 is 14.8 Å². The smallest absolute Gasteiger partial charge is 0.338 e. The zero-order valence-corrected chi connectivity index (χ0v) is 17.7. The lowest BCUT2D eigenvalue weighted by Gasteiger charge is -2.13. The summed E-state index contributed by atoms with van der Waals surface area (Å²) in [5, 5.41) is 2.63. The highest BCUT2D eigenvalue weighted by molar-refractivity contribution is 7.92. The maximum absolute atomic E-state index is 12.8. The molecule has 29 heavy (non-hydrogen) atoms. The molecule has 0 aromatic heterocycles. The van der Waals surface area contributed by atoms with Gasteiger partial charge in [-0.05, 0) is 50.2 Å². The van der Waals surface area contributed by atoms with Gasteiger partial charge in [0.2, 0.25) is 0 Å². The summed E-state index contributed by atoms with van der Waals surface area (Å²) in [6, 6.07) is 7.99. The number of hydrogen-bond donors (Lipinski definition) is 2. The molecule has 0 radical (unpaired) electrons. The molecule has 0 bridgehead atoms. The molecule has 2 aromatic carbocycles. The number of esters is 1. The molecule has 1 amide bonds. The van der Waals surface area contributed by atoms with E-state index in [4.69, 9.17) is 21.1 Å². The van der Waals surface area contributed by atoms with Crippen molar-refractivity contribution in [2.75, 3.05) is 25.0 Å². The van der Waals surface area contributed by atoms with Crippen molar-refractivity contribution in [3.8, 4) is 5.75 Å². The average molecular weight is 441 g/mol. The van der Waals surface area contributed by atoms with Crippen molar-refractivity contribution in [2.45, 2.75) is 18.7 Å². The van der Waals surface area contributed by atoms with Gasteiger partial charge in [-0.2, -0.15) is 0 Å². The molecule has 156 valence electrons. The zero-order valence-electron chi connectivity index (χ0n) is 16.1. The molecular formula is C19H21ClN2O6S. The van der Waals surface area contributed by atoms with E-state index in [1.807, 2.05) is 0 Å². The number of amides is 1. The van der Waals surface area contributed by atoms with E-state index in [1.54, 1.807) is 13.8 Å². The molecule has 2 rings (SSSR count). The van der Waals surface area contributed by atoms with Gasteiger partial charge in [0.15, 0.2) is 0 Å². The lowest BCUT2D eigenvalue weighted by molar-refractivity contribution is 0.0526. The van der Waals surface area contributed by atoms with Crippen molar-refractivity contribution in [1.29, 1.82) is 0 Å². The molecule has 0 aliphatic carbocycles. The number of halogens is 1. The first kappa shape index (κ1) is 22.5. The first-order chi connectivity index (χ1) is 13.7. The highest BCUT2D eigenvalue weighted by Crippen LogP contribution is 2.28. The van der Waals surface area contributed by atoms with Crippen LogP contribution in [0.4, 0.5) is 5.69 Å². The van der Waals surface area contributed by atoms with Gasteiger partial charge in [0.1, 0.15) is 5.75 Å². The number of rotatable bonds is 8. The quantitative estimate of drug-likeness (QED) is 0.610. The molecule has 0 atom stereocenters. The van der Waals surface area contributed by atoms with E-state index in [0.717, 1.165) is 0 Å². The maximum Gasteiger partial charge on any atom is 0.338 e. The number of methoxy groups -OCH3 is 1. The Hall–Kier alpha value is -2.78. The van der Waals surface area contributed by atoms with E-state index in [-0.39, 0.29) is 39.1 Å². The molecule has 0 saturated heterocycles. The number of anilines is 1. The largest absolute Gasteiger partial charge is 0.496 e. The molecule has 0 unspecified atom stereocenters. The molecule has 0 aliphatic rings. The summed E-state index contributed by atoms with van der Waals surface area (Å²) in [5.74, 6) is -0.782. The minimum Gasteiger partial charge on any atom is -0.496 e. The molecule has 10 heteroatoms. The fourth-order valence-electron chi connectivity index (χ4n) is 2.43. The molecule has 2 N–H and O–H groups in total. The van der Waals surface area contributed by atoms with Crippen molar-refractivity contribution in [2.24, 2.45) is 0 Å². The molecule has 2 aromatic rings. The van der Waals surface area contributed by atoms with Crippen molar-refractivity contribution >= 4 is 39.2 Å². The van der Waals surface area contributed by atoms with Crippen LogP contribution < -0.4 is 14.8 Å². The number of nitrogens with one attached hydrogen (secondary N) is 2. The Morgan fingerprint density at radius 1 is 1.10 bits per heavy atom. The normalized spacial score (nSPS) is 10.9. The first-order valence-electron chi connectivity index (χ1n) is 8.69. The minimum atomic E-state index is -4.06. The van der Waals surface area contributed by atoms with Crippen LogP contribution in [0.15, 0.2) is 41.3 Å². The minimum absolute atomic E-state index is 0.0246. The Kier molecular flexibility index (Phi) is 7.46. The molecule has 0 saturated carbocycles. The fraction of sp³-hybridized carbons (Fsp3) is 0.263. The molecule has 8 nitrogen and oxygen atoms in total. The number of hydrogen-bond acceptors (Lipinski definition) is 6. The molecule has 0 heterocycles. The number of ether oxygens (including phenoxy) is 2. The van der Waals surface area contributed by atoms with Crippen LogP contribution in [0.2, 0.25) is 5.02 Å². The lowest BCUT2D eigenvalue weighted by Crippen LogP contribution is -2.24. The number of sulfonamides is 1. The Labute approximate surface area is 174 Å². The predicted octanol–water partition coefficient (Wildman–Crippen LogP) is 3.08. The number of carbonyl (C=O) groups is 2. The standard InChI is InChI=1S/C19H21ClN2O6S/c1-4-21-18(23)14-11-13(7-9-17(14)27-3)29(25,26)22-16-8-6-12(10-15(16)20)19(24)28-5-2/h6-11,22H,4-5H2,1-3H3,(H,21,23). The van der Waals surface area contributed by atoms with Crippen LogP contribution in [-0.2, 0) is 14.8 Å². The highest BCUT2D eigenvalue weighted by Gasteiger charge is 2.21. The van der Waals surface area contributed by atoms with Crippen LogP contribution in [0.3, 0.4) is 0 Å². The number of carbonyl (C=O) groups excluding carboxylic acids is 2. The van der Waals surface area contributed by atoms with E-state index in [2.05, 4.69) is 10.0 Å². The van der Waals surface area contributed by atoms with Crippen LogP contribution in [0.25, 0.3) is 0 Å². The van der Waals surface area contributed by atoms with Crippen molar-refractivity contribution in [1.82, 2.24) is 5.32 Å². The van der Waals surface area contributed by atoms with Crippen molar-refractivity contribution < 1.29 is 27.5 Å². The lowest BCUT2D eigenvalue weighted by atomic mass is 10.2. The van der Waals surface area contributed by atoms with E-state index in [1.165, 1.54) is 43.5 Å². The molecule has 0 spiro atoms. The van der Waals surface area contributed by atoms with Crippen LogP contribution in [0, 0.1) is 0 Å². The van der Waals surface area contributed by atoms with Gasteiger partial charge in [-0.1, -0.05) is 11.6 Å². The van der Waals surface area contributed by atoms with E-state index < -0.39 is 21.9 Å². The second kappa shape index (κ2) is 9.62. The summed E-state index contributed by atoms with van der Waals surface area (Å²) in [6.07, 6.45) is 0. The summed E-state index contributed by atoms with van der Waals surface area (Å²) >= 11 is 6.12. The van der Waals surface area contributed by atoms with E-state index in [0.29, 0.717) is 6.54 Å². The van der Waals surface area contributed by atoms with E-state index >= 15 is 0 Å². The van der Waals surface area contributed by atoms with Crippen LogP contribution in [-0.4, -0.2) is 40.6 Å². The summed E-state index contributed by atoms with van der Waals surface area (Å²) in [5.41, 5.74) is 0.360. The average Bonchev–Trinajstić information content (AvgIpc) is 2.69. The third-order valence-corrected chi connectivity index (χ3v) is 5.46. The van der Waals surface area contributed by atoms with Gasteiger partial charge in [-0.3, -0.25) is 9.52 Å². The predicted molar refractivity (Wildman–Crippen MR) is 109 cm³/mol. The van der Waals surface area contributed by atoms with Crippen molar-refractivity contribution in [3.63, 3.8) is 0 Å². The molecule has 0 fully saturated rings. The van der Waals surface area contributed by atoms with Gasteiger partial charge in [0.25, 0.3) is 15.9 Å². The first-order valence-corrected chi connectivity index (χ1v) is 10.5. The Morgan fingerprint density at radius 3 is 2.41 bits per heavy atom. The molecular weight excluding hydrogens is 420 g/mol. The second-order valence-corrected chi connectivity index (χ2v) is 7.83. The monoisotopic (exact) mass is 440 g/mol. The van der Waals surface area contributed by atoms with Gasteiger partial charge in [0, 0.05) is 6.54 Å². The second-order valence-electron chi connectivity index (χ2n) is 5.74. The Morgan fingerprint density at radius 2 is 1.83 bits per heavy atom. The number of benzene rings is 2. The Balaban J connectivity index is 2.35. The van der Waals surface area contributed by atoms with Gasteiger partial charge in [-0.15, -0.1) is 0 Å². The summed E-state index contributed by atoms with van der Waals surface area (Å²) in [6.45, 7) is 4.00.